The molecule has 17 heavy (non-hydrogen) atoms. The van der Waals surface area contributed by atoms with Gasteiger partial charge in [-0.3, -0.25) is 0 Å². The Kier molecular flexibility index (Phi) is 2.63. The number of carboxylic acids is 1. The average molecular weight is 238 g/mol. The van der Waals surface area contributed by atoms with E-state index in [0.29, 0.717) is 5.75 Å². The van der Waals surface area contributed by atoms with Crippen molar-refractivity contribution in [2.24, 2.45) is 0 Å². The number of rotatable bonds is 3. The van der Waals surface area contributed by atoms with Gasteiger partial charge in [0.25, 0.3) is 0 Å². The average Bonchev–Trinajstić information content (AvgIpc) is 2.66. The van der Waals surface area contributed by atoms with Gasteiger partial charge in [0.15, 0.2) is 11.5 Å². The number of carboxylic acid groups (broad SMARTS) is 1. The lowest BCUT2D eigenvalue weighted by Crippen LogP contribution is -2.10. The van der Waals surface area contributed by atoms with Crippen LogP contribution in [0.3, 0.4) is 0 Å². The third-order valence-electron chi connectivity index (χ3n) is 2.51. The van der Waals surface area contributed by atoms with Crippen LogP contribution >= 0.6 is 0 Å². The van der Waals surface area contributed by atoms with Gasteiger partial charge < -0.3 is 19.3 Å². The molecule has 1 atom stereocenters. The number of fused-ring (bicyclic) bond motifs is 1. The summed E-state index contributed by atoms with van der Waals surface area (Å²) in [4.78, 5) is 22.5. The van der Waals surface area contributed by atoms with Crippen molar-refractivity contribution in [3.8, 4) is 11.5 Å². The third kappa shape index (κ3) is 1.57. The second kappa shape index (κ2) is 3.97. The van der Waals surface area contributed by atoms with E-state index in [0.717, 1.165) is 0 Å². The van der Waals surface area contributed by atoms with Crippen LogP contribution in [0.5, 0.6) is 11.5 Å². The summed E-state index contributed by atoms with van der Waals surface area (Å²) in [6.45, 7) is 0. The molecule has 0 spiro atoms. The Bertz CT molecular complexity index is 493. The molecule has 1 aliphatic heterocycles. The Morgan fingerprint density at radius 1 is 1.35 bits per heavy atom. The summed E-state index contributed by atoms with van der Waals surface area (Å²) < 4.78 is 14.8. The molecule has 1 N–H and O–H groups in total. The van der Waals surface area contributed by atoms with E-state index in [9.17, 15) is 9.59 Å². The number of hydrogen-bond donors (Lipinski definition) is 1. The fraction of sp³-hybridized carbons (Fsp3) is 0.273. The highest BCUT2D eigenvalue weighted by atomic mass is 16.6. The molecule has 6 nitrogen and oxygen atoms in total. The molecule has 6 heteroatoms. The largest absolute Gasteiger partial charge is 0.493 e. The lowest BCUT2D eigenvalue weighted by molar-refractivity contribution is -0.146. The normalized spacial score (nSPS) is 17.3. The van der Waals surface area contributed by atoms with E-state index in [4.69, 9.17) is 19.3 Å². The van der Waals surface area contributed by atoms with Crippen molar-refractivity contribution in [1.29, 1.82) is 0 Å². The van der Waals surface area contributed by atoms with E-state index in [-0.39, 0.29) is 16.9 Å². The number of benzene rings is 1. The predicted octanol–water partition coefficient (Wildman–Crippen LogP) is 1.000. The molecule has 90 valence electrons. The van der Waals surface area contributed by atoms with Gasteiger partial charge in [-0.1, -0.05) is 0 Å². The zero-order chi connectivity index (χ0) is 12.6. The molecule has 0 aliphatic carbocycles. The summed E-state index contributed by atoms with van der Waals surface area (Å²) in [7, 11) is 2.80. The third-order valence-corrected chi connectivity index (χ3v) is 2.51. The maximum absolute atomic E-state index is 11.6. The Hall–Kier alpha value is -2.24. The van der Waals surface area contributed by atoms with Crippen molar-refractivity contribution in [2.75, 3.05) is 14.2 Å². The number of aliphatic carboxylic acids is 1. The lowest BCUT2D eigenvalue weighted by atomic mass is 10.0. The molecule has 1 aromatic carbocycles. The fourth-order valence-corrected chi connectivity index (χ4v) is 1.78. The smallest absolute Gasteiger partial charge is 0.349 e. The highest BCUT2D eigenvalue weighted by Crippen LogP contribution is 2.41. The summed E-state index contributed by atoms with van der Waals surface area (Å²) in [5, 5.41) is 8.92. The monoisotopic (exact) mass is 238 g/mol. The molecule has 0 saturated heterocycles. The lowest BCUT2D eigenvalue weighted by Gasteiger charge is -2.10. The molecule has 0 radical (unpaired) electrons. The van der Waals surface area contributed by atoms with Gasteiger partial charge in [-0.2, -0.15) is 0 Å². The van der Waals surface area contributed by atoms with Crippen LogP contribution < -0.4 is 9.47 Å². The van der Waals surface area contributed by atoms with Crippen molar-refractivity contribution in [3.05, 3.63) is 23.3 Å². The van der Waals surface area contributed by atoms with Crippen LogP contribution in [-0.4, -0.2) is 31.3 Å². The molecule has 1 heterocycles. The van der Waals surface area contributed by atoms with Gasteiger partial charge in [-0.25, -0.2) is 9.59 Å². The molecule has 0 saturated carbocycles. The fourth-order valence-electron chi connectivity index (χ4n) is 1.78. The summed E-state index contributed by atoms with van der Waals surface area (Å²) >= 11 is 0. The van der Waals surface area contributed by atoms with Gasteiger partial charge >= 0.3 is 11.9 Å². The Balaban J connectivity index is 2.63. The Morgan fingerprint density at radius 2 is 2.06 bits per heavy atom. The van der Waals surface area contributed by atoms with E-state index in [1.54, 1.807) is 0 Å². The van der Waals surface area contributed by atoms with Crippen LogP contribution in [0.25, 0.3) is 0 Å². The van der Waals surface area contributed by atoms with E-state index in [2.05, 4.69) is 0 Å². The minimum Gasteiger partial charge on any atom is -0.493 e. The summed E-state index contributed by atoms with van der Waals surface area (Å²) in [5.74, 6) is -1.39. The first-order valence-corrected chi connectivity index (χ1v) is 4.78. The maximum atomic E-state index is 11.6. The Morgan fingerprint density at radius 3 is 2.59 bits per heavy atom. The van der Waals surface area contributed by atoms with Crippen LogP contribution in [0, 0.1) is 0 Å². The number of carbonyl (C=O) groups is 2. The molecule has 1 aromatic rings. The van der Waals surface area contributed by atoms with Crippen molar-refractivity contribution >= 4 is 11.9 Å². The highest BCUT2D eigenvalue weighted by Gasteiger charge is 2.39. The van der Waals surface area contributed by atoms with E-state index in [1.807, 2.05) is 0 Å². The molecule has 0 aromatic heterocycles. The van der Waals surface area contributed by atoms with Gasteiger partial charge in [-0.05, 0) is 12.1 Å². The van der Waals surface area contributed by atoms with Gasteiger partial charge in [0.05, 0.1) is 14.2 Å². The van der Waals surface area contributed by atoms with Crippen LogP contribution in [-0.2, 0) is 9.53 Å². The van der Waals surface area contributed by atoms with Crippen LogP contribution in [0.2, 0.25) is 0 Å². The quantitative estimate of drug-likeness (QED) is 0.791. The van der Waals surface area contributed by atoms with Crippen LogP contribution in [0.15, 0.2) is 12.1 Å². The number of cyclic esters (lactones) is 1. The van der Waals surface area contributed by atoms with Gasteiger partial charge in [-0.15, -0.1) is 0 Å². The minimum absolute atomic E-state index is 0.110. The van der Waals surface area contributed by atoms with Crippen molar-refractivity contribution in [1.82, 2.24) is 0 Å². The minimum atomic E-state index is -1.28. The molecule has 1 unspecified atom stereocenters. The zero-order valence-corrected chi connectivity index (χ0v) is 9.22. The number of hydrogen-bond acceptors (Lipinski definition) is 5. The molecule has 0 amide bonds. The molecule has 1 aliphatic rings. The zero-order valence-electron chi connectivity index (χ0n) is 9.22. The second-order valence-corrected chi connectivity index (χ2v) is 3.39. The number of methoxy groups -OCH3 is 2. The van der Waals surface area contributed by atoms with Crippen molar-refractivity contribution in [3.63, 3.8) is 0 Å². The predicted molar refractivity (Wildman–Crippen MR) is 55.3 cm³/mol. The summed E-state index contributed by atoms with van der Waals surface area (Å²) in [6.07, 6.45) is -1.28. The van der Waals surface area contributed by atoms with Gasteiger partial charge in [0.2, 0.25) is 6.10 Å². The number of carbonyl (C=O) groups excluding carboxylic acids is 1. The Labute approximate surface area is 96.7 Å². The van der Waals surface area contributed by atoms with Gasteiger partial charge in [0, 0.05) is 5.56 Å². The van der Waals surface area contributed by atoms with Gasteiger partial charge in [0.1, 0.15) is 5.56 Å². The van der Waals surface area contributed by atoms with E-state index < -0.39 is 18.0 Å². The van der Waals surface area contributed by atoms with Crippen molar-refractivity contribution in [2.45, 2.75) is 6.10 Å². The topological polar surface area (TPSA) is 82.1 Å². The maximum Gasteiger partial charge on any atom is 0.349 e. The molecular formula is C11H10O6. The molecule has 0 bridgehead atoms. The first-order chi connectivity index (χ1) is 8.10. The summed E-state index contributed by atoms with van der Waals surface area (Å²) in [6, 6.07) is 3.02. The second-order valence-electron chi connectivity index (χ2n) is 3.39. The van der Waals surface area contributed by atoms with Crippen molar-refractivity contribution < 1.29 is 28.9 Å². The number of esters is 1. The van der Waals surface area contributed by atoms with Crippen LogP contribution in [0.4, 0.5) is 0 Å². The number of ether oxygens (including phenoxy) is 3. The molecular weight excluding hydrogens is 228 g/mol. The SMILES string of the molecule is COc1ccc2c(c1OC)C(=O)OC2C(=O)O. The van der Waals surface area contributed by atoms with E-state index in [1.165, 1.54) is 26.4 Å². The molecule has 0 fully saturated rings. The highest BCUT2D eigenvalue weighted by molar-refractivity contribution is 6.01. The van der Waals surface area contributed by atoms with E-state index >= 15 is 0 Å². The standard InChI is InChI=1S/C11H10O6/c1-15-6-4-3-5-7(9(6)16-2)11(14)17-8(5)10(12)13/h3-4,8H,1-2H3,(H,12,13). The summed E-state index contributed by atoms with van der Waals surface area (Å²) in [5.41, 5.74) is 0.388. The molecule has 2 rings (SSSR count). The first-order valence-electron chi connectivity index (χ1n) is 4.78. The first kappa shape index (κ1) is 11.3. The van der Waals surface area contributed by atoms with Crippen LogP contribution in [0.1, 0.15) is 22.0 Å².